The van der Waals surface area contributed by atoms with Crippen LogP contribution in [0.25, 0.3) is 0 Å². The van der Waals surface area contributed by atoms with Gasteiger partial charge in [0.1, 0.15) is 5.69 Å². The molecule has 0 aliphatic heterocycles. The minimum atomic E-state index is -0.306. The minimum Gasteiger partial charge on any atom is -0.266 e. The third kappa shape index (κ3) is 3.24. The van der Waals surface area contributed by atoms with E-state index in [1.54, 1.807) is 41.9 Å². The Kier molecular flexibility index (Phi) is 4.20. The summed E-state index contributed by atoms with van der Waals surface area (Å²) in [5.74, 6) is -0.306. The van der Waals surface area contributed by atoms with Crippen molar-refractivity contribution in [3.8, 4) is 0 Å². The quantitative estimate of drug-likeness (QED) is 0.677. The smallest absolute Gasteiger partial charge is 0.266 e. The molecule has 92 valence electrons. The van der Waals surface area contributed by atoms with Crippen LogP contribution in [0, 0.1) is 0 Å². The fourth-order valence-electron chi connectivity index (χ4n) is 1.36. The van der Waals surface area contributed by atoms with Crippen LogP contribution in [0.1, 0.15) is 27.2 Å². The molecule has 5 heteroatoms. The molecule has 0 unspecified atom stereocenters. The van der Waals surface area contributed by atoms with Crippen molar-refractivity contribution in [1.82, 2.24) is 10.4 Å². The first-order valence-electron chi connectivity index (χ1n) is 5.62. The Hall–Kier alpha value is -2.01. The molecule has 0 aliphatic carbocycles. The minimum absolute atomic E-state index is 0.306. The highest BCUT2D eigenvalue weighted by atomic mass is 32.1. The summed E-state index contributed by atoms with van der Waals surface area (Å²) in [7, 11) is 0. The van der Waals surface area contributed by atoms with Crippen molar-refractivity contribution in [2.45, 2.75) is 13.3 Å². The van der Waals surface area contributed by atoms with Gasteiger partial charge in [0, 0.05) is 16.0 Å². The molecule has 0 aliphatic rings. The van der Waals surface area contributed by atoms with Crippen molar-refractivity contribution in [2.75, 3.05) is 0 Å². The van der Waals surface area contributed by atoms with Crippen LogP contribution in [-0.4, -0.2) is 17.1 Å². The number of carbonyl (C=O) groups excluding carboxylic acids is 1. The molecule has 0 saturated heterocycles. The van der Waals surface area contributed by atoms with E-state index in [2.05, 4.69) is 28.5 Å². The Morgan fingerprint density at radius 3 is 3.00 bits per heavy atom. The number of hydrogen-bond acceptors (Lipinski definition) is 4. The highest BCUT2D eigenvalue weighted by molar-refractivity contribution is 7.13. The van der Waals surface area contributed by atoms with Gasteiger partial charge in [-0.05, 0) is 30.7 Å². The third-order valence-corrected chi connectivity index (χ3v) is 3.45. The van der Waals surface area contributed by atoms with Crippen molar-refractivity contribution >= 4 is 23.5 Å². The number of pyridine rings is 1. The van der Waals surface area contributed by atoms with Gasteiger partial charge in [-0.15, -0.1) is 11.3 Å². The van der Waals surface area contributed by atoms with E-state index in [1.807, 2.05) is 6.07 Å². The number of aryl methyl sites for hydroxylation is 1. The van der Waals surface area contributed by atoms with E-state index in [-0.39, 0.29) is 5.91 Å². The highest BCUT2D eigenvalue weighted by Crippen LogP contribution is 2.14. The maximum Gasteiger partial charge on any atom is 0.289 e. The van der Waals surface area contributed by atoms with Gasteiger partial charge in [0.2, 0.25) is 0 Å². The molecular formula is C13H13N3OS. The summed E-state index contributed by atoms with van der Waals surface area (Å²) in [5.41, 5.74) is 2.81. The highest BCUT2D eigenvalue weighted by Gasteiger charge is 2.03. The van der Waals surface area contributed by atoms with E-state index in [9.17, 15) is 4.79 Å². The van der Waals surface area contributed by atoms with Crippen LogP contribution in [-0.2, 0) is 6.42 Å². The molecule has 0 atom stereocenters. The van der Waals surface area contributed by atoms with E-state index in [1.165, 1.54) is 4.88 Å². The number of nitrogens with zero attached hydrogens (tertiary/aromatic N) is 2. The zero-order chi connectivity index (χ0) is 12.8. The zero-order valence-electron chi connectivity index (χ0n) is 9.96. The lowest BCUT2D eigenvalue weighted by molar-refractivity contribution is 0.0950. The summed E-state index contributed by atoms with van der Waals surface area (Å²) >= 11 is 1.66. The first-order chi connectivity index (χ1) is 8.79. The van der Waals surface area contributed by atoms with E-state index in [0.717, 1.165) is 11.3 Å². The molecule has 2 aromatic rings. The van der Waals surface area contributed by atoms with Crippen molar-refractivity contribution in [3.05, 3.63) is 52.0 Å². The van der Waals surface area contributed by atoms with Gasteiger partial charge in [-0.1, -0.05) is 13.0 Å². The summed E-state index contributed by atoms with van der Waals surface area (Å²) in [6.45, 7) is 2.11. The lowest BCUT2D eigenvalue weighted by Gasteiger charge is -1.96. The Labute approximate surface area is 109 Å². The molecule has 2 heterocycles. The Morgan fingerprint density at radius 1 is 1.44 bits per heavy atom. The summed E-state index contributed by atoms with van der Waals surface area (Å²) in [4.78, 5) is 17.9. The number of hydrogen-bond donors (Lipinski definition) is 1. The average molecular weight is 259 g/mol. The summed E-state index contributed by atoms with van der Waals surface area (Å²) in [6, 6.07) is 9.22. The maximum absolute atomic E-state index is 11.6. The maximum atomic E-state index is 11.6. The average Bonchev–Trinajstić information content (AvgIpc) is 2.87. The van der Waals surface area contributed by atoms with Gasteiger partial charge in [-0.25, -0.2) is 5.43 Å². The second-order valence-electron chi connectivity index (χ2n) is 3.57. The molecule has 0 fully saturated rings. The monoisotopic (exact) mass is 259 g/mol. The van der Waals surface area contributed by atoms with Crippen LogP contribution >= 0.6 is 11.3 Å². The van der Waals surface area contributed by atoms with E-state index >= 15 is 0 Å². The van der Waals surface area contributed by atoms with Gasteiger partial charge >= 0.3 is 0 Å². The molecule has 1 amide bonds. The predicted molar refractivity (Wildman–Crippen MR) is 73.0 cm³/mol. The molecule has 1 N–H and O–H groups in total. The van der Waals surface area contributed by atoms with Gasteiger partial charge < -0.3 is 0 Å². The summed E-state index contributed by atoms with van der Waals surface area (Å²) in [6.07, 6.45) is 4.23. The molecule has 0 saturated carbocycles. The Balaban J connectivity index is 1.93. The molecule has 2 aromatic heterocycles. The normalized spacial score (nSPS) is 10.7. The molecule has 0 aromatic carbocycles. The molecule has 0 bridgehead atoms. The zero-order valence-corrected chi connectivity index (χ0v) is 10.8. The fourth-order valence-corrected chi connectivity index (χ4v) is 2.19. The molecule has 0 radical (unpaired) electrons. The van der Waals surface area contributed by atoms with Crippen molar-refractivity contribution in [3.63, 3.8) is 0 Å². The number of hydrazone groups is 1. The number of rotatable bonds is 4. The van der Waals surface area contributed by atoms with E-state index in [0.29, 0.717) is 5.69 Å². The SMILES string of the molecule is CCc1ccc(/C=N/NC(=O)c2ccccn2)s1. The van der Waals surface area contributed by atoms with Crippen LogP contribution < -0.4 is 5.43 Å². The van der Waals surface area contributed by atoms with Crippen LogP contribution in [0.3, 0.4) is 0 Å². The van der Waals surface area contributed by atoms with Crippen LogP contribution in [0.4, 0.5) is 0 Å². The number of amides is 1. The largest absolute Gasteiger partial charge is 0.289 e. The number of thiophene rings is 1. The molecular weight excluding hydrogens is 246 g/mol. The van der Waals surface area contributed by atoms with Gasteiger partial charge in [-0.3, -0.25) is 9.78 Å². The summed E-state index contributed by atoms with van der Waals surface area (Å²) < 4.78 is 0. The first-order valence-corrected chi connectivity index (χ1v) is 6.44. The van der Waals surface area contributed by atoms with Crippen molar-refractivity contribution < 1.29 is 4.79 Å². The van der Waals surface area contributed by atoms with Crippen molar-refractivity contribution in [2.24, 2.45) is 5.10 Å². The fraction of sp³-hybridized carbons (Fsp3) is 0.154. The molecule has 0 spiro atoms. The predicted octanol–water partition coefficient (Wildman–Crippen LogP) is 2.47. The molecule has 4 nitrogen and oxygen atoms in total. The molecule has 18 heavy (non-hydrogen) atoms. The number of nitrogens with one attached hydrogen (secondary N) is 1. The van der Waals surface area contributed by atoms with E-state index < -0.39 is 0 Å². The van der Waals surface area contributed by atoms with Gasteiger partial charge in [0.25, 0.3) is 5.91 Å². The Morgan fingerprint density at radius 2 is 2.33 bits per heavy atom. The first kappa shape index (κ1) is 12.4. The molecule has 2 rings (SSSR count). The van der Waals surface area contributed by atoms with Gasteiger partial charge in [0.15, 0.2) is 0 Å². The van der Waals surface area contributed by atoms with Gasteiger partial charge in [-0.2, -0.15) is 5.10 Å². The second-order valence-corrected chi connectivity index (χ2v) is 4.77. The van der Waals surface area contributed by atoms with Crippen LogP contribution in [0.15, 0.2) is 41.6 Å². The topological polar surface area (TPSA) is 54.4 Å². The lowest BCUT2D eigenvalue weighted by atomic mass is 10.3. The summed E-state index contributed by atoms with van der Waals surface area (Å²) in [5, 5.41) is 3.91. The van der Waals surface area contributed by atoms with Crippen LogP contribution in [0.2, 0.25) is 0 Å². The van der Waals surface area contributed by atoms with Crippen LogP contribution in [0.5, 0.6) is 0 Å². The third-order valence-electron chi connectivity index (χ3n) is 2.29. The van der Waals surface area contributed by atoms with E-state index in [4.69, 9.17) is 0 Å². The second kappa shape index (κ2) is 6.07. The lowest BCUT2D eigenvalue weighted by Crippen LogP contribution is -2.18. The van der Waals surface area contributed by atoms with Gasteiger partial charge in [0.05, 0.1) is 6.21 Å². The Bertz CT molecular complexity index is 548. The van der Waals surface area contributed by atoms with Crippen molar-refractivity contribution in [1.29, 1.82) is 0 Å². The standard InChI is InChI=1S/C13H13N3OS/c1-2-10-6-7-11(18-10)9-15-16-13(17)12-5-3-4-8-14-12/h3-9H,2H2,1H3,(H,16,17)/b15-9+. The number of carbonyl (C=O) groups is 1. The number of aromatic nitrogens is 1.